The third-order valence-electron chi connectivity index (χ3n) is 3.90. The Bertz CT molecular complexity index is 868. The molecule has 3 aromatic rings. The third-order valence-corrected chi connectivity index (χ3v) is 4.27. The number of amides is 1. The van der Waals surface area contributed by atoms with E-state index in [0.717, 1.165) is 16.9 Å². The lowest BCUT2D eigenvalue weighted by Gasteiger charge is -2.19. The van der Waals surface area contributed by atoms with E-state index in [1.54, 1.807) is 18.3 Å². The smallest absolute Gasteiger partial charge is 0.270 e. The number of nitrogens with one attached hydrogen (secondary N) is 1. The highest BCUT2D eigenvalue weighted by Crippen LogP contribution is 2.23. The zero-order chi connectivity index (χ0) is 17.6. The molecule has 0 aliphatic heterocycles. The molecule has 1 aromatic heterocycles. The third kappa shape index (κ3) is 4.17. The molecule has 0 unspecified atom stereocenters. The van der Waals surface area contributed by atoms with Crippen molar-refractivity contribution in [2.45, 2.75) is 6.54 Å². The molecule has 0 spiro atoms. The van der Waals surface area contributed by atoms with Crippen molar-refractivity contribution < 1.29 is 4.79 Å². The van der Waals surface area contributed by atoms with E-state index in [4.69, 9.17) is 11.6 Å². The Morgan fingerprint density at radius 3 is 2.52 bits per heavy atom. The van der Waals surface area contributed by atoms with E-state index in [9.17, 15) is 4.79 Å². The summed E-state index contributed by atoms with van der Waals surface area (Å²) in [6.07, 6.45) is 1.64. The molecule has 5 heteroatoms. The Labute approximate surface area is 152 Å². The van der Waals surface area contributed by atoms with Crippen LogP contribution in [0.5, 0.6) is 0 Å². The van der Waals surface area contributed by atoms with Crippen LogP contribution >= 0.6 is 11.6 Å². The zero-order valence-corrected chi connectivity index (χ0v) is 14.6. The van der Waals surface area contributed by atoms with Gasteiger partial charge in [-0.1, -0.05) is 48.0 Å². The molecule has 1 N–H and O–H groups in total. The topological polar surface area (TPSA) is 45.2 Å². The molecular formula is C20H18ClN3O. The van der Waals surface area contributed by atoms with Crippen molar-refractivity contribution in [2.24, 2.45) is 0 Å². The summed E-state index contributed by atoms with van der Waals surface area (Å²) in [4.78, 5) is 18.6. The van der Waals surface area contributed by atoms with Gasteiger partial charge in [-0.05, 0) is 35.9 Å². The molecule has 0 fully saturated rings. The van der Waals surface area contributed by atoms with E-state index in [1.807, 2.05) is 66.5 Å². The number of halogens is 1. The van der Waals surface area contributed by atoms with Crippen molar-refractivity contribution in [1.82, 2.24) is 10.3 Å². The number of para-hydroxylation sites is 1. The predicted molar refractivity (Wildman–Crippen MR) is 101 cm³/mol. The van der Waals surface area contributed by atoms with Crippen molar-refractivity contribution in [2.75, 3.05) is 11.9 Å². The highest BCUT2D eigenvalue weighted by Gasteiger charge is 2.11. The first-order valence-corrected chi connectivity index (χ1v) is 8.29. The van der Waals surface area contributed by atoms with Crippen LogP contribution in [0.15, 0.2) is 72.9 Å². The Morgan fingerprint density at radius 1 is 1.04 bits per heavy atom. The Morgan fingerprint density at radius 2 is 1.76 bits per heavy atom. The van der Waals surface area contributed by atoms with Crippen LogP contribution in [0.25, 0.3) is 0 Å². The summed E-state index contributed by atoms with van der Waals surface area (Å²) < 4.78 is 0. The van der Waals surface area contributed by atoms with Gasteiger partial charge in [0.05, 0.1) is 0 Å². The highest BCUT2D eigenvalue weighted by atomic mass is 35.5. The van der Waals surface area contributed by atoms with Crippen molar-refractivity contribution in [1.29, 1.82) is 0 Å². The molecule has 0 radical (unpaired) electrons. The van der Waals surface area contributed by atoms with Gasteiger partial charge in [0.25, 0.3) is 5.91 Å². The fourth-order valence-electron chi connectivity index (χ4n) is 2.46. The first-order chi connectivity index (χ1) is 12.1. The van der Waals surface area contributed by atoms with Gasteiger partial charge in [-0.3, -0.25) is 9.78 Å². The Kier molecular flexibility index (Phi) is 5.31. The molecule has 1 heterocycles. The Hall–Kier alpha value is -2.85. The second-order valence-electron chi connectivity index (χ2n) is 5.57. The average molecular weight is 352 g/mol. The number of hydrogen-bond acceptors (Lipinski definition) is 3. The summed E-state index contributed by atoms with van der Waals surface area (Å²) in [6.45, 7) is 0.360. The van der Waals surface area contributed by atoms with Crippen molar-refractivity contribution in [3.05, 3.63) is 89.2 Å². The van der Waals surface area contributed by atoms with Gasteiger partial charge in [0.1, 0.15) is 5.69 Å². The maximum absolute atomic E-state index is 12.4. The van der Waals surface area contributed by atoms with Crippen LogP contribution in [-0.4, -0.2) is 17.9 Å². The maximum atomic E-state index is 12.4. The lowest BCUT2D eigenvalue weighted by molar-refractivity contribution is 0.0946. The average Bonchev–Trinajstić information content (AvgIpc) is 2.67. The van der Waals surface area contributed by atoms with E-state index < -0.39 is 0 Å². The van der Waals surface area contributed by atoms with Crippen LogP contribution in [0.3, 0.4) is 0 Å². The number of pyridine rings is 1. The van der Waals surface area contributed by atoms with Gasteiger partial charge >= 0.3 is 0 Å². The lowest BCUT2D eigenvalue weighted by Crippen LogP contribution is -2.24. The second kappa shape index (κ2) is 7.81. The molecule has 25 heavy (non-hydrogen) atoms. The van der Waals surface area contributed by atoms with Crippen LogP contribution in [-0.2, 0) is 6.54 Å². The molecule has 4 nitrogen and oxygen atoms in total. The fraction of sp³-hybridized carbons (Fsp3) is 0.100. The number of anilines is 2. The monoisotopic (exact) mass is 351 g/mol. The molecule has 0 aliphatic carbocycles. The van der Waals surface area contributed by atoms with E-state index in [2.05, 4.69) is 10.3 Å². The van der Waals surface area contributed by atoms with Gasteiger partial charge in [-0.15, -0.1) is 0 Å². The van der Waals surface area contributed by atoms with Crippen molar-refractivity contribution in [3.63, 3.8) is 0 Å². The number of rotatable bonds is 5. The van der Waals surface area contributed by atoms with Crippen LogP contribution in [0, 0.1) is 0 Å². The molecule has 0 atom stereocenters. The molecule has 1 amide bonds. The van der Waals surface area contributed by atoms with Gasteiger partial charge in [-0.25, -0.2) is 0 Å². The minimum absolute atomic E-state index is 0.233. The summed E-state index contributed by atoms with van der Waals surface area (Å²) in [5, 5.41) is 3.49. The van der Waals surface area contributed by atoms with Crippen molar-refractivity contribution >= 4 is 28.9 Å². The molecule has 0 bridgehead atoms. The summed E-state index contributed by atoms with van der Waals surface area (Å²) in [7, 11) is 1.95. The standard InChI is InChI=1S/C20H18ClN3O/c1-24(16-8-3-2-4-9-16)17-11-12-22-19(13-17)20(25)23-14-15-7-5-6-10-18(15)21/h2-13H,14H2,1H3,(H,23,25). The summed E-state index contributed by atoms with van der Waals surface area (Å²) >= 11 is 6.11. The number of hydrogen-bond donors (Lipinski definition) is 1. The maximum Gasteiger partial charge on any atom is 0.270 e. The number of carbonyl (C=O) groups excluding carboxylic acids is 1. The largest absolute Gasteiger partial charge is 0.347 e. The van der Waals surface area contributed by atoms with Gasteiger partial charge in [0.2, 0.25) is 0 Å². The lowest BCUT2D eigenvalue weighted by atomic mass is 10.2. The molecule has 126 valence electrons. The van der Waals surface area contributed by atoms with Crippen LogP contribution in [0.2, 0.25) is 5.02 Å². The molecule has 3 rings (SSSR count). The number of carbonyl (C=O) groups is 1. The zero-order valence-electron chi connectivity index (χ0n) is 13.8. The molecule has 2 aromatic carbocycles. The quantitative estimate of drug-likeness (QED) is 0.739. The molecule has 0 saturated carbocycles. The van der Waals surface area contributed by atoms with Gasteiger partial charge in [0.15, 0.2) is 0 Å². The van der Waals surface area contributed by atoms with E-state index in [0.29, 0.717) is 17.3 Å². The first kappa shape index (κ1) is 17.0. The van der Waals surface area contributed by atoms with E-state index in [-0.39, 0.29) is 5.91 Å². The first-order valence-electron chi connectivity index (χ1n) is 7.91. The van der Waals surface area contributed by atoms with Crippen molar-refractivity contribution in [3.8, 4) is 0 Å². The Balaban J connectivity index is 1.72. The highest BCUT2D eigenvalue weighted by molar-refractivity contribution is 6.31. The SMILES string of the molecule is CN(c1ccccc1)c1ccnc(C(=O)NCc2ccccc2Cl)c1. The minimum Gasteiger partial charge on any atom is -0.347 e. The minimum atomic E-state index is -0.233. The number of benzene rings is 2. The predicted octanol–water partition coefficient (Wildman–Crippen LogP) is 4.43. The summed E-state index contributed by atoms with van der Waals surface area (Å²) in [5.74, 6) is -0.233. The molecular weight excluding hydrogens is 334 g/mol. The number of aromatic nitrogens is 1. The van der Waals surface area contributed by atoms with Crippen LogP contribution in [0.1, 0.15) is 16.1 Å². The second-order valence-corrected chi connectivity index (χ2v) is 5.98. The van der Waals surface area contributed by atoms with E-state index in [1.165, 1.54) is 0 Å². The fourth-order valence-corrected chi connectivity index (χ4v) is 2.66. The van der Waals surface area contributed by atoms with Gasteiger partial charge in [0, 0.05) is 36.2 Å². The van der Waals surface area contributed by atoms with Crippen LogP contribution in [0.4, 0.5) is 11.4 Å². The number of nitrogens with zero attached hydrogens (tertiary/aromatic N) is 2. The van der Waals surface area contributed by atoms with Crippen LogP contribution < -0.4 is 10.2 Å². The normalized spacial score (nSPS) is 10.3. The van der Waals surface area contributed by atoms with Gasteiger partial charge in [-0.2, -0.15) is 0 Å². The summed E-state index contributed by atoms with van der Waals surface area (Å²) in [5.41, 5.74) is 3.17. The molecule has 0 saturated heterocycles. The summed E-state index contributed by atoms with van der Waals surface area (Å²) in [6, 6.07) is 21.0. The molecule has 0 aliphatic rings. The van der Waals surface area contributed by atoms with E-state index >= 15 is 0 Å². The van der Waals surface area contributed by atoms with Gasteiger partial charge < -0.3 is 10.2 Å².